The smallest absolute Gasteiger partial charge is 0.255 e. The Labute approximate surface area is 199 Å². The average Bonchev–Trinajstić information content (AvgIpc) is 3.36. The summed E-state index contributed by atoms with van der Waals surface area (Å²) in [6.07, 6.45) is 6.00. The molecule has 0 saturated heterocycles. The minimum atomic E-state index is -0.197. The van der Waals surface area contributed by atoms with E-state index in [4.69, 9.17) is 15.9 Å². The van der Waals surface area contributed by atoms with Crippen molar-refractivity contribution in [2.45, 2.75) is 45.2 Å². The summed E-state index contributed by atoms with van der Waals surface area (Å²) in [5.74, 6) is 1.26. The number of rotatable bonds is 9. The Morgan fingerprint density at radius 2 is 1.85 bits per heavy atom. The lowest BCUT2D eigenvalue weighted by atomic mass is 10.0. The Kier molecular flexibility index (Phi) is 7.37. The number of nitrogen functional groups attached to an aromatic ring is 1. The van der Waals surface area contributed by atoms with Crippen LogP contribution in [0.15, 0.2) is 54.9 Å². The van der Waals surface area contributed by atoms with E-state index in [-0.39, 0.29) is 17.4 Å². The van der Waals surface area contributed by atoms with E-state index < -0.39 is 0 Å². The fourth-order valence-corrected chi connectivity index (χ4v) is 4.17. The van der Waals surface area contributed by atoms with Gasteiger partial charge in [0.1, 0.15) is 23.7 Å². The number of nitrogens with two attached hydrogens (primary N) is 1. The van der Waals surface area contributed by atoms with Crippen LogP contribution in [0.2, 0.25) is 0 Å². The standard InChI is InChI=1S/C26H30N6O2/c1-2-34-21-10-6-5-9-20(21)26(33)29-15-17-11-13-18(14-12-17)23(27)22-24(28)30-16-31-25(22)32-19-7-3-4-8-19/h5-6,9-14,16,19,27H,2-4,7-8,15H2,1H3,(H,29,33)(H3,28,30,31,32). The third-order valence-electron chi connectivity index (χ3n) is 5.95. The summed E-state index contributed by atoms with van der Waals surface area (Å²) in [4.78, 5) is 21.1. The van der Waals surface area contributed by atoms with E-state index in [2.05, 4.69) is 20.6 Å². The molecule has 3 aromatic rings. The van der Waals surface area contributed by atoms with Gasteiger partial charge < -0.3 is 21.1 Å². The number of nitrogens with one attached hydrogen (secondary N) is 3. The number of amides is 1. The zero-order chi connectivity index (χ0) is 23.9. The molecule has 1 fully saturated rings. The Hall–Kier alpha value is -3.94. The lowest BCUT2D eigenvalue weighted by molar-refractivity contribution is 0.0947. The van der Waals surface area contributed by atoms with Crippen LogP contribution in [0.4, 0.5) is 11.6 Å². The Balaban J connectivity index is 1.44. The number of aromatic nitrogens is 2. The van der Waals surface area contributed by atoms with Crippen LogP contribution < -0.4 is 21.1 Å². The molecule has 1 aliphatic carbocycles. The second-order valence-electron chi connectivity index (χ2n) is 8.29. The summed E-state index contributed by atoms with van der Waals surface area (Å²) in [5, 5.41) is 15.1. The summed E-state index contributed by atoms with van der Waals surface area (Å²) in [7, 11) is 0. The summed E-state index contributed by atoms with van der Waals surface area (Å²) >= 11 is 0. The van der Waals surface area contributed by atoms with Crippen LogP contribution in [0.5, 0.6) is 5.75 Å². The molecular weight excluding hydrogens is 428 g/mol. The highest BCUT2D eigenvalue weighted by atomic mass is 16.5. The van der Waals surface area contributed by atoms with Gasteiger partial charge in [0.15, 0.2) is 0 Å². The van der Waals surface area contributed by atoms with E-state index in [0.29, 0.717) is 47.5 Å². The monoisotopic (exact) mass is 458 g/mol. The average molecular weight is 459 g/mol. The third kappa shape index (κ3) is 5.33. The van der Waals surface area contributed by atoms with Crippen molar-refractivity contribution < 1.29 is 9.53 Å². The second kappa shape index (κ2) is 10.8. The molecule has 0 atom stereocenters. The van der Waals surface area contributed by atoms with Crippen LogP contribution in [-0.2, 0) is 6.54 Å². The predicted octanol–water partition coefficient (Wildman–Crippen LogP) is 4.16. The van der Waals surface area contributed by atoms with Crippen molar-refractivity contribution in [3.05, 3.63) is 77.1 Å². The zero-order valence-electron chi connectivity index (χ0n) is 19.3. The second-order valence-corrected chi connectivity index (χ2v) is 8.29. The van der Waals surface area contributed by atoms with Crippen molar-refractivity contribution in [2.24, 2.45) is 0 Å². The van der Waals surface area contributed by atoms with Crippen molar-refractivity contribution in [1.29, 1.82) is 5.41 Å². The summed E-state index contributed by atoms with van der Waals surface area (Å²) in [5.41, 5.74) is 9.05. The number of hydrogen-bond donors (Lipinski definition) is 4. The van der Waals surface area contributed by atoms with Crippen LogP contribution in [-0.4, -0.2) is 34.2 Å². The molecule has 1 heterocycles. The molecule has 4 rings (SSSR count). The summed E-state index contributed by atoms with van der Waals surface area (Å²) in [6, 6.07) is 15.0. The Bertz CT molecular complexity index is 1160. The molecule has 1 saturated carbocycles. The van der Waals surface area contributed by atoms with Gasteiger partial charge in [-0.2, -0.15) is 0 Å². The topological polar surface area (TPSA) is 126 Å². The van der Waals surface area contributed by atoms with Crippen molar-refractivity contribution in [3.8, 4) is 5.75 Å². The molecule has 0 unspecified atom stereocenters. The Morgan fingerprint density at radius 3 is 2.59 bits per heavy atom. The van der Waals surface area contributed by atoms with Crippen molar-refractivity contribution in [1.82, 2.24) is 15.3 Å². The van der Waals surface area contributed by atoms with Crippen molar-refractivity contribution in [3.63, 3.8) is 0 Å². The van der Waals surface area contributed by atoms with Crippen LogP contribution in [0.1, 0.15) is 59.7 Å². The third-order valence-corrected chi connectivity index (χ3v) is 5.95. The van der Waals surface area contributed by atoms with E-state index in [9.17, 15) is 4.79 Å². The molecule has 8 nitrogen and oxygen atoms in total. The number of carbonyl (C=O) groups is 1. The first-order valence-electron chi connectivity index (χ1n) is 11.6. The van der Waals surface area contributed by atoms with Gasteiger partial charge in [-0.05, 0) is 37.5 Å². The van der Waals surface area contributed by atoms with Crippen LogP contribution in [0.3, 0.4) is 0 Å². The van der Waals surface area contributed by atoms with E-state index in [1.165, 1.54) is 19.2 Å². The van der Waals surface area contributed by atoms with Gasteiger partial charge in [0.25, 0.3) is 5.91 Å². The van der Waals surface area contributed by atoms with Gasteiger partial charge in [0, 0.05) is 18.2 Å². The lowest BCUT2D eigenvalue weighted by Crippen LogP contribution is -2.23. The fourth-order valence-electron chi connectivity index (χ4n) is 4.17. The highest BCUT2D eigenvalue weighted by molar-refractivity contribution is 6.16. The Morgan fingerprint density at radius 1 is 1.12 bits per heavy atom. The lowest BCUT2D eigenvalue weighted by Gasteiger charge is -2.17. The molecule has 1 aliphatic rings. The van der Waals surface area contributed by atoms with Gasteiger partial charge in [0.05, 0.1) is 23.4 Å². The van der Waals surface area contributed by atoms with Gasteiger partial charge in [-0.15, -0.1) is 0 Å². The maximum absolute atomic E-state index is 12.6. The molecule has 0 aliphatic heterocycles. The molecule has 8 heteroatoms. The molecular formula is C26H30N6O2. The first kappa shape index (κ1) is 23.2. The molecule has 34 heavy (non-hydrogen) atoms. The number of carbonyl (C=O) groups excluding carboxylic acids is 1. The van der Waals surface area contributed by atoms with Gasteiger partial charge in [-0.1, -0.05) is 49.2 Å². The van der Waals surface area contributed by atoms with E-state index >= 15 is 0 Å². The maximum Gasteiger partial charge on any atom is 0.255 e. The first-order valence-corrected chi connectivity index (χ1v) is 11.6. The molecule has 176 valence electrons. The highest BCUT2D eigenvalue weighted by Gasteiger charge is 2.21. The first-order chi connectivity index (χ1) is 16.6. The molecule has 0 bridgehead atoms. The normalized spacial score (nSPS) is 13.4. The zero-order valence-corrected chi connectivity index (χ0v) is 19.3. The predicted molar refractivity (Wildman–Crippen MR) is 133 cm³/mol. The van der Waals surface area contributed by atoms with Gasteiger partial charge in [0.2, 0.25) is 0 Å². The molecule has 1 aromatic heterocycles. The molecule has 0 radical (unpaired) electrons. The van der Waals surface area contributed by atoms with Crippen molar-refractivity contribution in [2.75, 3.05) is 17.7 Å². The number of para-hydroxylation sites is 1. The molecule has 5 N–H and O–H groups in total. The minimum absolute atomic E-state index is 0.197. The van der Waals surface area contributed by atoms with Gasteiger partial charge in [-0.25, -0.2) is 9.97 Å². The van der Waals surface area contributed by atoms with E-state index in [1.807, 2.05) is 43.3 Å². The quantitative estimate of drug-likeness (QED) is 0.357. The molecule has 1 amide bonds. The maximum atomic E-state index is 12.6. The van der Waals surface area contributed by atoms with Crippen LogP contribution in [0.25, 0.3) is 0 Å². The number of ether oxygens (including phenoxy) is 1. The minimum Gasteiger partial charge on any atom is -0.493 e. The number of hydrogen-bond acceptors (Lipinski definition) is 7. The van der Waals surface area contributed by atoms with Gasteiger partial charge in [-0.3, -0.25) is 10.2 Å². The molecule has 0 spiro atoms. The summed E-state index contributed by atoms with van der Waals surface area (Å²) in [6.45, 7) is 2.74. The number of nitrogens with zero attached hydrogens (tertiary/aromatic N) is 2. The van der Waals surface area contributed by atoms with Crippen LogP contribution >= 0.6 is 0 Å². The van der Waals surface area contributed by atoms with Gasteiger partial charge >= 0.3 is 0 Å². The summed E-state index contributed by atoms with van der Waals surface area (Å²) < 4.78 is 5.55. The fraction of sp³-hybridized carbons (Fsp3) is 0.308. The molecule has 2 aromatic carbocycles. The number of anilines is 2. The largest absolute Gasteiger partial charge is 0.493 e. The van der Waals surface area contributed by atoms with Crippen molar-refractivity contribution >= 4 is 23.3 Å². The van der Waals surface area contributed by atoms with E-state index in [1.54, 1.807) is 12.1 Å². The number of benzene rings is 2. The van der Waals surface area contributed by atoms with E-state index in [0.717, 1.165) is 18.4 Å². The van der Waals surface area contributed by atoms with Crippen LogP contribution in [0, 0.1) is 5.41 Å². The highest BCUT2D eigenvalue weighted by Crippen LogP contribution is 2.26. The SMILES string of the molecule is CCOc1ccccc1C(=O)NCc1ccc(C(=N)c2c(N)ncnc2NC2CCCC2)cc1.